The SMILES string of the molecule is CCn1c(SC2(C(N)=O)CC2)nnc1-c1ccsc1. The van der Waals surface area contributed by atoms with Gasteiger partial charge in [0.25, 0.3) is 0 Å². The van der Waals surface area contributed by atoms with E-state index in [2.05, 4.69) is 10.2 Å². The predicted octanol–water partition coefficient (Wildman–Crippen LogP) is 2.14. The van der Waals surface area contributed by atoms with Gasteiger partial charge in [-0.3, -0.25) is 4.79 Å². The third-order valence-corrected chi connectivity index (χ3v) is 5.42. The number of carbonyl (C=O) groups is 1. The fourth-order valence-electron chi connectivity index (χ4n) is 1.94. The molecule has 1 aliphatic carbocycles. The lowest BCUT2D eigenvalue weighted by atomic mass is 10.3. The molecule has 7 heteroatoms. The van der Waals surface area contributed by atoms with E-state index in [1.165, 1.54) is 11.8 Å². The summed E-state index contributed by atoms with van der Waals surface area (Å²) in [4.78, 5) is 11.5. The van der Waals surface area contributed by atoms with Gasteiger partial charge in [-0.2, -0.15) is 11.3 Å². The maximum Gasteiger partial charge on any atom is 0.234 e. The van der Waals surface area contributed by atoms with E-state index in [9.17, 15) is 4.79 Å². The van der Waals surface area contributed by atoms with E-state index in [1.54, 1.807) is 11.3 Å². The van der Waals surface area contributed by atoms with Gasteiger partial charge in [0.15, 0.2) is 11.0 Å². The molecule has 1 aliphatic rings. The van der Waals surface area contributed by atoms with Crippen molar-refractivity contribution in [3.05, 3.63) is 16.8 Å². The first-order valence-corrected chi connectivity index (χ1v) is 7.87. The zero-order valence-corrected chi connectivity index (χ0v) is 12.1. The second-order valence-electron chi connectivity index (χ2n) is 4.52. The Hall–Kier alpha value is -1.34. The first kappa shape index (κ1) is 12.7. The molecule has 19 heavy (non-hydrogen) atoms. The smallest absolute Gasteiger partial charge is 0.234 e. The van der Waals surface area contributed by atoms with Crippen molar-refractivity contribution >= 4 is 29.0 Å². The number of hydrogen-bond donors (Lipinski definition) is 1. The van der Waals surface area contributed by atoms with E-state index >= 15 is 0 Å². The van der Waals surface area contributed by atoms with Crippen molar-refractivity contribution in [3.63, 3.8) is 0 Å². The normalized spacial score (nSPS) is 16.5. The second-order valence-corrected chi connectivity index (χ2v) is 6.65. The summed E-state index contributed by atoms with van der Waals surface area (Å²) in [5.74, 6) is 0.603. The van der Waals surface area contributed by atoms with Crippen molar-refractivity contribution in [2.75, 3.05) is 0 Å². The predicted molar refractivity (Wildman–Crippen MR) is 76.0 cm³/mol. The molecule has 0 aromatic carbocycles. The van der Waals surface area contributed by atoms with Gasteiger partial charge in [0, 0.05) is 17.5 Å². The molecule has 2 N–H and O–H groups in total. The van der Waals surface area contributed by atoms with Gasteiger partial charge in [0.2, 0.25) is 5.91 Å². The summed E-state index contributed by atoms with van der Waals surface area (Å²) in [6, 6.07) is 2.02. The molecule has 0 radical (unpaired) electrons. The lowest BCUT2D eigenvalue weighted by Crippen LogP contribution is -2.27. The van der Waals surface area contributed by atoms with E-state index in [4.69, 9.17) is 5.73 Å². The summed E-state index contributed by atoms with van der Waals surface area (Å²) in [6.07, 6.45) is 1.66. The van der Waals surface area contributed by atoms with Gasteiger partial charge < -0.3 is 10.3 Å². The van der Waals surface area contributed by atoms with Gasteiger partial charge >= 0.3 is 0 Å². The first-order valence-electron chi connectivity index (χ1n) is 6.11. The fourth-order valence-corrected chi connectivity index (χ4v) is 3.74. The topological polar surface area (TPSA) is 73.8 Å². The molecule has 5 nitrogen and oxygen atoms in total. The Morgan fingerprint density at radius 1 is 1.58 bits per heavy atom. The summed E-state index contributed by atoms with van der Waals surface area (Å²) in [6.45, 7) is 2.82. The number of hydrogen-bond acceptors (Lipinski definition) is 5. The summed E-state index contributed by atoms with van der Waals surface area (Å²) >= 11 is 3.08. The standard InChI is InChI=1S/C12H14N4OS2/c1-2-16-9(8-3-6-18-7-8)14-15-11(16)19-12(4-5-12)10(13)17/h3,6-7H,2,4-5H2,1H3,(H2,13,17). The van der Waals surface area contributed by atoms with Crippen molar-refractivity contribution in [1.29, 1.82) is 0 Å². The number of rotatable bonds is 5. The number of nitrogens with two attached hydrogens (primary N) is 1. The number of amides is 1. The molecule has 2 aromatic rings. The van der Waals surface area contributed by atoms with Crippen LogP contribution in [0, 0.1) is 0 Å². The fraction of sp³-hybridized carbons (Fsp3) is 0.417. The van der Waals surface area contributed by atoms with E-state index in [0.717, 1.165) is 35.9 Å². The van der Waals surface area contributed by atoms with Crippen molar-refractivity contribution in [2.45, 2.75) is 36.2 Å². The van der Waals surface area contributed by atoms with E-state index < -0.39 is 4.75 Å². The minimum Gasteiger partial charge on any atom is -0.368 e. The van der Waals surface area contributed by atoms with Crippen LogP contribution in [0.1, 0.15) is 19.8 Å². The molecule has 1 saturated carbocycles. The average Bonchev–Trinajstić information content (AvgIpc) is 2.84. The van der Waals surface area contributed by atoms with Crippen LogP contribution >= 0.6 is 23.1 Å². The van der Waals surface area contributed by atoms with Crippen LogP contribution in [-0.2, 0) is 11.3 Å². The van der Waals surface area contributed by atoms with Gasteiger partial charge in [-0.15, -0.1) is 10.2 Å². The molecule has 0 saturated heterocycles. The van der Waals surface area contributed by atoms with Crippen LogP contribution in [0.25, 0.3) is 11.4 Å². The van der Waals surface area contributed by atoms with Crippen LogP contribution in [0.15, 0.2) is 22.0 Å². The Labute approximate surface area is 119 Å². The molecule has 0 aliphatic heterocycles. The number of thioether (sulfide) groups is 1. The van der Waals surface area contributed by atoms with Crippen molar-refractivity contribution < 1.29 is 4.79 Å². The van der Waals surface area contributed by atoms with Gasteiger partial charge in [0.05, 0.1) is 0 Å². The molecule has 0 unspecified atom stereocenters. The van der Waals surface area contributed by atoms with Crippen LogP contribution in [-0.4, -0.2) is 25.4 Å². The highest BCUT2D eigenvalue weighted by molar-refractivity contribution is 8.01. The van der Waals surface area contributed by atoms with Gasteiger partial charge in [-0.25, -0.2) is 0 Å². The Bertz CT molecular complexity index is 601. The van der Waals surface area contributed by atoms with Gasteiger partial charge in [0.1, 0.15) is 4.75 Å². The molecule has 0 bridgehead atoms. The largest absolute Gasteiger partial charge is 0.368 e. The highest BCUT2D eigenvalue weighted by Gasteiger charge is 2.50. The lowest BCUT2D eigenvalue weighted by molar-refractivity contribution is -0.118. The van der Waals surface area contributed by atoms with Gasteiger partial charge in [-0.05, 0) is 31.2 Å². The number of primary amides is 1. The zero-order chi connectivity index (χ0) is 13.5. The van der Waals surface area contributed by atoms with Crippen molar-refractivity contribution in [1.82, 2.24) is 14.8 Å². The van der Waals surface area contributed by atoms with Crippen LogP contribution in [0.4, 0.5) is 0 Å². The monoisotopic (exact) mass is 294 g/mol. The molecule has 2 heterocycles. The Balaban J connectivity index is 1.93. The number of carbonyl (C=O) groups excluding carboxylic acids is 1. The molecule has 2 aromatic heterocycles. The third-order valence-electron chi connectivity index (χ3n) is 3.25. The van der Waals surface area contributed by atoms with E-state index in [0.29, 0.717) is 0 Å². The summed E-state index contributed by atoms with van der Waals surface area (Å²) in [5, 5.41) is 13.3. The first-order chi connectivity index (χ1) is 9.16. The minimum absolute atomic E-state index is 0.250. The molecule has 1 fully saturated rings. The quantitative estimate of drug-likeness (QED) is 0.917. The number of nitrogens with zero attached hydrogens (tertiary/aromatic N) is 3. The van der Waals surface area contributed by atoms with Crippen LogP contribution in [0.5, 0.6) is 0 Å². The van der Waals surface area contributed by atoms with Crippen LogP contribution in [0.3, 0.4) is 0 Å². The summed E-state index contributed by atoms with van der Waals surface area (Å²) in [5.41, 5.74) is 6.52. The average molecular weight is 294 g/mol. The molecular weight excluding hydrogens is 280 g/mol. The molecule has 3 rings (SSSR count). The highest BCUT2D eigenvalue weighted by Crippen LogP contribution is 2.51. The van der Waals surface area contributed by atoms with E-state index in [-0.39, 0.29) is 5.91 Å². The lowest BCUT2D eigenvalue weighted by Gasteiger charge is -2.11. The van der Waals surface area contributed by atoms with Crippen molar-refractivity contribution in [2.24, 2.45) is 5.73 Å². The van der Waals surface area contributed by atoms with Gasteiger partial charge in [-0.1, -0.05) is 11.8 Å². The second kappa shape index (κ2) is 4.64. The van der Waals surface area contributed by atoms with E-state index in [1.807, 2.05) is 28.3 Å². The van der Waals surface area contributed by atoms with Crippen LogP contribution < -0.4 is 5.73 Å². The molecule has 1 amide bonds. The minimum atomic E-state index is -0.453. The summed E-state index contributed by atoms with van der Waals surface area (Å²) < 4.78 is 1.58. The molecular formula is C12H14N4OS2. The number of thiophene rings is 1. The highest BCUT2D eigenvalue weighted by atomic mass is 32.2. The molecule has 0 atom stereocenters. The Morgan fingerprint density at radius 3 is 2.89 bits per heavy atom. The maximum atomic E-state index is 11.5. The maximum absolute atomic E-state index is 11.5. The zero-order valence-electron chi connectivity index (χ0n) is 10.5. The molecule has 0 spiro atoms. The van der Waals surface area contributed by atoms with Crippen molar-refractivity contribution in [3.8, 4) is 11.4 Å². The molecule has 100 valence electrons. The van der Waals surface area contributed by atoms with Crippen LogP contribution in [0.2, 0.25) is 0 Å². The number of aromatic nitrogens is 3. The summed E-state index contributed by atoms with van der Waals surface area (Å²) in [7, 11) is 0. The Morgan fingerprint density at radius 2 is 2.37 bits per heavy atom. The Kier molecular flexibility index (Phi) is 3.10. The third kappa shape index (κ3) is 2.17.